The van der Waals surface area contributed by atoms with Crippen LogP contribution in [0.5, 0.6) is 0 Å². The summed E-state index contributed by atoms with van der Waals surface area (Å²) in [6.07, 6.45) is -8.82. The van der Waals surface area contributed by atoms with Crippen molar-refractivity contribution in [2.75, 3.05) is 6.54 Å². The van der Waals surface area contributed by atoms with E-state index in [9.17, 15) is 34.8 Å². The van der Waals surface area contributed by atoms with Gasteiger partial charge in [0.05, 0.1) is 10.6 Å². The van der Waals surface area contributed by atoms with Crippen molar-refractivity contribution in [1.29, 1.82) is 0 Å². The van der Waals surface area contributed by atoms with E-state index in [-0.39, 0.29) is 11.3 Å². The Labute approximate surface area is 143 Å². The summed E-state index contributed by atoms with van der Waals surface area (Å²) >= 11 is 0. The van der Waals surface area contributed by atoms with Gasteiger partial charge in [-0.25, -0.2) is 22.8 Å². The van der Waals surface area contributed by atoms with Gasteiger partial charge in [-0.05, 0) is 31.0 Å². The molecule has 1 N–H and O–H groups in total. The van der Waals surface area contributed by atoms with Crippen LogP contribution in [-0.2, 0) is 16.2 Å². The smallest absolute Gasteiger partial charge is 0.220 e. The number of nitrogens with zero attached hydrogens (tertiary/aromatic N) is 3. The van der Waals surface area contributed by atoms with E-state index < -0.39 is 39.6 Å². The third kappa shape index (κ3) is 4.52. The summed E-state index contributed by atoms with van der Waals surface area (Å²) in [4.78, 5) is 2.59. The van der Waals surface area contributed by atoms with Gasteiger partial charge in [0.25, 0.3) is 5.82 Å². The third-order valence-electron chi connectivity index (χ3n) is 3.24. The summed E-state index contributed by atoms with van der Waals surface area (Å²) in [5.41, 5.74) is 0.416. The molecule has 144 valence electrons. The molecule has 1 aromatic carbocycles. The number of sulfonamides is 1. The van der Waals surface area contributed by atoms with Gasteiger partial charge in [0.2, 0.25) is 10.0 Å². The maximum absolute atomic E-state index is 12.6. The van der Waals surface area contributed by atoms with Crippen LogP contribution in [0, 0.1) is 13.8 Å². The zero-order valence-electron chi connectivity index (χ0n) is 13.3. The highest BCUT2D eigenvalue weighted by Gasteiger charge is 2.36. The van der Waals surface area contributed by atoms with Crippen molar-refractivity contribution in [2.24, 2.45) is 0 Å². The Kier molecular flexibility index (Phi) is 5.07. The summed E-state index contributed by atoms with van der Waals surface area (Å²) in [5, 5.41) is 3.24. The highest BCUT2D eigenvalue weighted by molar-refractivity contribution is 7.89. The summed E-state index contributed by atoms with van der Waals surface area (Å²) in [7, 11) is -4.55. The summed E-state index contributed by atoms with van der Waals surface area (Å²) in [6.45, 7) is 1.05. The van der Waals surface area contributed by atoms with Crippen molar-refractivity contribution >= 4 is 10.0 Å². The summed E-state index contributed by atoms with van der Waals surface area (Å²) in [6, 6.07) is 2.25. The molecule has 1 aromatic heterocycles. The van der Waals surface area contributed by atoms with E-state index in [1.165, 1.54) is 24.6 Å². The number of rotatable bonds is 4. The number of hydrogen-bond donors (Lipinski definition) is 1. The highest BCUT2D eigenvalue weighted by atomic mass is 32.2. The Hall–Kier alpha value is -2.15. The van der Waals surface area contributed by atoms with E-state index in [2.05, 4.69) is 10.1 Å². The number of benzene rings is 1. The number of aryl methyl sites for hydroxylation is 2. The average Bonchev–Trinajstić information content (AvgIpc) is 2.94. The Morgan fingerprint density at radius 3 is 2.19 bits per heavy atom. The fraction of sp³-hybridized carbons (Fsp3) is 0.385. The van der Waals surface area contributed by atoms with Crippen LogP contribution in [0.15, 0.2) is 23.4 Å². The predicted octanol–water partition coefficient (Wildman–Crippen LogP) is 2.74. The molecular weight excluding hydrogens is 390 g/mol. The Morgan fingerprint density at radius 2 is 1.69 bits per heavy atom. The van der Waals surface area contributed by atoms with Gasteiger partial charge in [-0.3, -0.25) is 0 Å². The molecule has 0 atom stereocenters. The molecule has 13 heteroatoms. The molecule has 0 aliphatic carbocycles. The van der Waals surface area contributed by atoms with Gasteiger partial charge in [0.15, 0.2) is 0 Å². The van der Waals surface area contributed by atoms with E-state index >= 15 is 0 Å². The van der Waals surface area contributed by atoms with Crippen LogP contribution < -0.4 is 4.72 Å². The van der Waals surface area contributed by atoms with Crippen LogP contribution in [-0.4, -0.2) is 35.9 Å². The van der Waals surface area contributed by atoms with Gasteiger partial charge in [0.1, 0.15) is 12.9 Å². The van der Waals surface area contributed by atoms with Gasteiger partial charge in [-0.1, -0.05) is 6.07 Å². The molecule has 0 fully saturated rings. The first-order chi connectivity index (χ1) is 11.7. The van der Waals surface area contributed by atoms with Crippen molar-refractivity contribution in [3.8, 4) is 5.69 Å². The molecule has 0 unspecified atom stereocenters. The second-order valence-electron chi connectivity index (χ2n) is 5.35. The van der Waals surface area contributed by atoms with Crippen molar-refractivity contribution in [2.45, 2.75) is 31.1 Å². The molecule has 26 heavy (non-hydrogen) atoms. The van der Waals surface area contributed by atoms with Crippen LogP contribution in [0.1, 0.15) is 17.0 Å². The van der Waals surface area contributed by atoms with Crippen LogP contribution >= 0.6 is 0 Å². The normalized spacial score (nSPS) is 13.2. The van der Waals surface area contributed by atoms with Gasteiger partial charge in [0, 0.05) is 0 Å². The van der Waals surface area contributed by atoms with Crippen LogP contribution in [0.25, 0.3) is 5.69 Å². The highest BCUT2D eigenvalue weighted by Crippen LogP contribution is 2.28. The monoisotopic (exact) mass is 402 g/mol. The van der Waals surface area contributed by atoms with E-state index in [0.717, 1.165) is 12.4 Å². The van der Waals surface area contributed by atoms with Crippen molar-refractivity contribution in [3.63, 3.8) is 0 Å². The molecule has 1 heterocycles. The summed E-state index contributed by atoms with van der Waals surface area (Å²) < 4.78 is 101. The standard InChI is InChI=1S/C13H12F6N4O2S/c1-7-3-8(2)10(26(24,25)21-5-12(14,15)16)4-9(7)23-6-20-11(22-23)13(17,18)19/h3-4,6,21H,5H2,1-2H3. The number of alkyl halides is 6. The maximum atomic E-state index is 12.6. The molecular formula is C13H12F6N4O2S. The first kappa shape index (κ1) is 20.2. The van der Waals surface area contributed by atoms with Crippen molar-refractivity contribution in [3.05, 3.63) is 35.4 Å². The number of hydrogen-bond acceptors (Lipinski definition) is 4. The SMILES string of the molecule is Cc1cc(C)c(S(=O)(=O)NCC(F)(F)F)cc1-n1cnc(C(F)(F)F)n1. The second-order valence-corrected chi connectivity index (χ2v) is 7.09. The Bertz CT molecular complexity index is 918. The van der Waals surface area contributed by atoms with Crippen LogP contribution in [0.4, 0.5) is 26.3 Å². The molecule has 0 spiro atoms. The Morgan fingerprint density at radius 1 is 1.08 bits per heavy atom. The predicted molar refractivity (Wildman–Crippen MR) is 77.1 cm³/mol. The van der Waals surface area contributed by atoms with E-state index in [4.69, 9.17) is 0 Å². The van der Waals surface area contributed by atoms with Crippen molar-refractivity contribution < 1.29 is 34.8 Å². The maximum Gasteiger partial charge on any atom is 0.453 e. The first-order valence-electron chi connectivity index (χ1n) is 6.87. The lowest BCUT2D eigenvalue weighted by Gasteiger charge is -2.14. The lowest BCUT2D eigenvalue weighted by atomic mass is 10.1. The van der Waals surface area contributed by atoms with E-state index in [1.54, 1.807) is 0 Å². The second kappa shape index (κ2) is 6.54. The van der Waals surface area contributed by atoms with Gasteiger partial charge < -0.3 is 0 Å². The zero-order valence-corrected chi connectivity index (χ0v) is 14.1. The average molecular weight is 402 g/mol. The van der Waals surface area contributed by atoms with E-state index in [0.29, 0.717) is 10.2 Å². The van der Waals surface area contributed by atoms with Gasteiger partial charge in [-0.15, -0.1) is 5.10 Å². The molecule has 0 bridgehead atoms. The lowest BCUT2D eigenvalue weighted by molar-refractivity contribution is -0.144. The minimum absolute atomic E-state index is 0.0639. The minimum atomic E-state index is -4.80. The molecule has 0 aliphatic heterocycles. The molecule has 0 radical (unpaired) electrons. The fourth-order valence-electron chi connectivity index (χ4n) is 2.12. The quantitative estimate of drug-likeness (QED) is 0.798. The topological polar surface area (TPSA) is 76.9 Å². The molecule has 0 amide bonds. The summed E-state index contributed by atoms with van der Waals surface area (Å²) in [5.74, 6) is -1.43. The first-order valence-corrected chi connectivity index (χ1v) is 8.36. The number of aromatic nitrogens is 3. The molecule has 0 saturated heterocycles. The molecule has 6 nitrogen and oxygen atoms in total. The van der Waals surface area contributed by atoms with Crippen LogP contribution in [0.2, 0.25) is 0 Å². The molecule has 0 saturated carbocycles. The zero-order chi connectivity index (χ0) is 19.9. The van der Waals surface area contributed by atoms with E-state index in [1.807, 2.05) is 0 Å². The fourth-order valence-corrected chi connectivity index (χ4v) is 3.38. The minimum Gasteiger partial charge on any atom is -0.220 e. The molecule has 2 aromatic rings. The Balaban J connectivity index is 2.48. The van der Waals surface area contributed by atoms with Gasteiger partial charge in [-0.2, -0.15) is 26.3 Å². The number of halogens is 6. The van der Waals surface area contributed by atoms with Gasteiger partial charge >= 0.3 is 12.4 Å². The largest absolute Gasteiger partial charge is 0.453 e. The van der Waals surface area contributed by atoms with Crippen molar-refractivity contribution in [1.82, 2.24) is 19.5 Å². The molecule has 2 rings (SSSR count). The molecule has 0 aliphatic rings. The number of nitrogens with one attached hydrogen (secondary N) is 1. The third-order valence-corrected chi connectivity index (χ3v) is 4.78. The lowest BCUT2D eigenvalue weighted by Crippen LogP contribution is -2.34. The van der Waals surface area contributed by atoms with Crippen LogP contribution in [0.3, 0.4) is 0 Å².